The van der Waals surface area contributed by atoms with Crippen molar-refractivity contribution in [2.75, 3.05) is 19.8 Å². The molecule has 3 fully saturated rings. The van der Waals surface area contributed by atoms with E-state index < -0.39 is 61.5 Å². The lowest BCUT2D eigenvalue weighted by Gasteiger charge is -2.49. The molecule has 0 aromatic heterocycles. The summed E-state index contributed by atoms with van der Waals surface area (Å²) in [6.45, 7) is 7.11. The normalized spacial score (nSPS) is 33.0. The maximum Gasteiger partial charge on any atom is 0.338 e. The molecule has 3 heterocycles. The first-order valence-corrected chi connectivity index (χ1v) is 16.3. The fraction of sp³-hybridized carbons (Fsp3) is 0.618. The molecule has 3 saturated heterocycles. The maximum atomic E-state index is 13.2. The molecule has 10 unspecified atom stereocenters. The molecule has 12 heteroatoms. The van der Waals surface area contributed by atoms with Gasteiger partial charge in [0, 0.05) is 29.5 Å². The highest BCUT2D eigenvalue weighted by atomic mass is 16.8. The van der Waals surface area contributed by atoms with Gasteiger partial charge < -0.3 is 38.3 Å². The minimum absolute atomic E-state index is 0.0156. The molecule has 3 aliphatic rings. The van der Waals surface area contributed by atoms with Crippen molar-refractivity contribution < 1.29 is 43.1 Å². The molecule has 12 nitrogen and oxygen atoms in total. The first-order valence-electron chi connectivity index (χ1n) is 16.3. The van der Waals surface area contributed by atoms with E-state index in [1.54, 1.807) is 24.3 Å². The standard InChI is InChI=1S/C34H45N3O9/c1-4-21(2)27-26(38)30(43-31(39)23-14-8-5-9-15-23)34(44-27)45-28-22(3)32(40-19-13-7-12-18-36-37-35)42-25-20-41-33(46-29(25)28)24-16-10-6-11-17-24/h5-6,8-11,14-17,21-22,25-30,32-34,38H,4,7,12-13,18-20H2,1-3H3/t21-,22?,25?,26?,27?,28?,29?,30?,32?,33?,34?/m1/s1. The van der Waals surface area contributed by atoms with Gasteiger partial charge in [0.1, 0.15) is 18.3 Å². The van der Waals surface area contributed by atoms with Crippen LogP contribution in [0.5, 0.6) is 0 Å². The lowest BCUT2D eigenvalue weighted by molar-refractivity contribution is -0.370. The highest BCUT2D eigenvalue weighted by molar-refractivity contribution is 5.89. The second kappa shape index (κ2) is 16.7. The van der Waals surface area contributed by atoms with Gasteiger partial charge in [-0.2, -0.15) is 0 Å². The lowest BCUT2D eigenvalue weighted by atomic mass is 9.91. The highest BCUT2D eigenvalue weighted by Gasteiger charge is 2.54. The van der Waals surface area contributed by atoms with Gasteiger partial charge in [-0.1, -0.05) is 87.3 Å². The Kier molecular flexibility index (Phi) is 12.4. The summed E-state index contributed by atoms with van der Waals surface area (Å²) in [5.74, 6) is -0.913. The van der Waals surface area contributed by atoms with Crippen molar-refractivity contribution in [2.45, 2.75) is 102 Å². The molecule has 2 aromatic rings. The third-order valence-corrected chi connectivity index (χ3v) is 8.94. The van der Waals surface area contributed by atoms with Crippen molar-refractivity contribution in [1.29, 1.82) is 0 Å². The Bertz CT molecular complexity index is 1280. The number of esters is 1. The summed E-state index contributed by atoms with van der Waals surface area (Å²) in [5, 5.41) is 15.0. The zero-order valence-corrected chi connectivity index (χ0v) is 26.6. The van der Waals surface area contributed by atoms with E-state index in [-0.39, 0.29) is 18.4 Å². The van der Waals surface area contributed by atoms with Crippen molar-refractivity contribution in [3.63, 3.8) is 0 Å². The van der Waals surface area contributed by atoms with Crippen LogP contribution in [0.15, 0.2) is 65.8 Å². The summed E-state index contributed by atoms with van der Waals surface area (Å²) < 4.78 is 44.1. The molecule has 0 aliphatic carbocycles. The van der Waals surface area contributed by atoms with Gasteiger partial charge in [0.15, 0.2) is 25.0 Å². The van der Waals surface area contributed by atoms with E-state index in [9.17, 15) is 9.90 Å². The van der Waals surface area contributed by atoms with E-state index >= 15 is 0 Å². The smallest absolute Gasteiger partial charge is 0.338 e. The number of fused-ring (bicyclic) bond motifs is 1. The van der Waals surface area contributed by atoms with Crippen LogP contribution in [0, 0.1) is 11.8 Å². The molecule has 0 saturated carbocycles. The van der Waals surface area contributed by atoms with Gasteiger partial charge in [0.25, 0.3) is 0 Å². The minimum atomic E-state index is -1.09. The van der Waals surface area contributed by atoms with Gasteiger partial charge >= 0.3 is 5.97 Å². The molecule has 1 N–H and O–H groups in total. The Hall–Kier alpha value is -3.06. The van der Waals surface area contributed by atoms with Gasteiger partial charge in [0.05, 0.1) is 24.4 Å². The van der Waals surface area contributed by atoms with Crippen molar-refractivity contribution in [1.82, 2.24) is 0 Å². The largest absolute Gasteiger partial charge is 0.450 e. The van der Waals surface area contributed by atoms with E-state index in [1.807, 2.05) is 57.2 Å². The van der Waals surface area contributed by atoms with Crippen LogP contribution in [0.4, 0.5) is 0 Å². The Morgan fingerprint density at radius 1 is 1.02 bits per heavy atom. The lowest BCUT2D eigenvalue weighted by Crippen LogP contribution is -2.61. The van der Waals surface area contributed by atoms with Crippen LogP contribution in [0.2, 0.25) is 0 Å². The fourth-order valence-corrected chi connectivity index (χ4v) is 6.10. The molecule has 0 radical (unpaired) electrons. The number of unbranched alkanes of at least 4 members (excludes halogenated alkanes) is 2. The number of aliphatic hydroxyl groups excluding tert-OH is 1. The van der Waals surface area contributed by atoms with Crippen molar-refractivity contribution >= 4 is 5.97 Å². The number of hydrogen-bond donors (Lipinski definition) is 1. The molecule has 0 bridgehead atoms. The Morgan fingerprint density at radius 2 is 1.76 bits per heavy atom. The van der Waals surface area contributed by atoms with Crippen LogP contribution in [-0.4, -0.2) is 80.0 Å². The predicted molar refractivity (Wildman–Crippen MR) is 166 cm³/mol. The van der Waals surface area contributed by atoms with Gasteiger partial charge in [-0.05, 0) is 36.4 Å². The number of hydrogen-bond acceptors (Lipinski definition) is 10. The van der Waals surface area contributed by atoms with Gasteiger partial charge in [0.2, 0.25) is 0 Å². The number of carbonyl (C=O) groups is 1. The molecule has 5 rings (SSSR count). The number of nitrogens with zero attached hydrogens (tertiary/aromatic N) is 3. The quantitative estimate of drug-likeness (QED) is 0.0902. The van der Waals surface area contributed by atoms with E-state index in [1.165, 1.54) is 0 Å². The molecule has 2 aromatic carbocycles. The van der Waals surface area contributed by atoms with E-state index in [2.05, 4.69) is 10.0 Å². The van der Waals surface area contributed by atoms with Crippen LogP contribution in [0.1, 0.15) is 68.7 Å². The van der Waals surface area contributed by atoms with Crippen LogP contribution < -0.4 is 0 Å². The van der Waals surface area contributed by atoms with Crippen LogP contribution in [-0.2, 0) is 33.2 Å². The van der Waals surface area contributed by atoms with E-state index in [0.717, 1.165) is 31.2 Å². The maximum absolute atomic E-state index is 13.2. The van der Waals surface area contributed by atoms with Crippen LogP contribution in [0.25, 0.3) is 10.4 Å². The Labute approximate surface area is 269 Å². The average Bonchev–Trinajstić information content (AvgIpc) is 3.39. The minimum Gasteiger partial charge on any atom is -0.450 e. The number of azide groups is 1. The van der Waals surface area contributed by atoms with E-state index in [4.69, 9.17) is 38.7 Å². The Morgan fingerprint density at radius 3 is 2.48 bits per heavy atom. The number of rotatable bonds is 14. The topological polar surface area (TPSA) is 151 Å². The first-order chi connectivity index (χ1) is 22.4. The summed E-state index contributed by atoms with van der Waals surface area (Å²) >= 11 is 0. The van der Waals surface area contributed by atoms with Crippen molar-refractivity contribution in [3.05, 3.63) is 82.2 Å². The van der Waals surface area contributed by atoms with Crippen LogP contribution >= 0.6 is 0 Å². The summed E-state index contributed by atoms with van der Waals surface area (Å²) in [5.41, 5.74) is 9.72. The summed E-state index contributed by atoms with van der Waals surface area (Å²) in [7, 11) is 0. The highest BCUT2D eigenvalue weighted by Crippen LogP contribution is 2.41. The second-order valence-electron chi connectivity index (χ2n) is 12.1. The van der Waals surface area contributed by atoms with Gasteiger partial charge in [-0.3, -0.25) is 0 Å². The summed E-state index contributed by atoms with van der Waals surface area (Å²) in [6, 6.07) is 18.3. The molecule has 0 amide bonds. The Balaban J connectivity index is 1.35. The molecule has 3 aliphatic heterocycles. The number of carbonyl (C=O) groups excluding carboxylic acids is 1. The van der Waals surface area contributed by atoms with Crippen molar-refractivity contribution in [3.8, 4) is 0 Å². The van der Waals surface area contributed by atoms with E-state index in [0.29, 0.717) is 18.7 Å². The predicted octanol–water partition coefficient (Wildman–Crippen LogP) is 5.70. The summed E-state index contributed by atoms with van der Waals surface area (Å²) in [4.78, 5) is 15.9. The molecular formula is C34H45N3O9. The zero-order chi connectivity index (χ0) is 32.5. The third-order valence-electron chi connectivity index (χ3n) is 8.94. The summed E-state index contributed by atoms with van der Waals surface area (Å²) in [6.07, 6.45) is -3.63. The number of benzene rings is 2. The van der Waals surface area contributed by atoms with Gasteiger partial charge in [-0.15, -0.1) is 0 Å². The number of ether oxygens (including phenoxy) is 7. The molecule has 250 valence electrons. The molecular weight excluding hydrogens is 594 g/mol. The fourth-order valence-electron chi connectivity index (χ4n) is 6.10. The van der Waals surface area contributed by atoms with Crippen molar-refractivity contribution in [2.24, 2.45) is 17.0 Å². The first kappa shape index (κ1) is 34.3. The average molecular weight is 640 g/mol. The molecule has 0 spiro atoms. The second-order valence-corrected chi connectivity index (χ2v) is 12.1. The third kappa shape index (κ3) is 8.26. The molecule has 11 atom stereocenters. The SMILES string of the molecule is CC[C@@H](C)C1OC(OC2C(C)C(OCCCCCN=[N+]=[N-])OC3COC(c4ccccc4)OC32)C(OC(=O)c2ccccc2)C1O. The van der Waals surface area contributed by atoms with Gasteiger partial charge in [-0.25, -0.2) is 4.79 Å². The zero-order valence-electron chi connectivity index (χ0n) is 26.6. The monoisotopic (exact) mass is 639 g/mol. The van der Waals surface area contributed by atoms with Crippen LogP contribution in [0.3, 0.4) is 0 Å². The number of aliphatic hydroxyl groups is 1. The molecule has 46 heavy (non-hydrogen) atoms.